The summed E-state index contributed by atoms with van der Waals surface area (Å²) in [6.07, 6.45) is 0.895. The van der Waals surface area contributed by atoms with Crippen molar-refractivity contribution in [1.82, 2.24) is 0 Å². The number of ether oxygens (including phenoxy) is 2. The Morgan fingerprint density at radius 2 is 1.48 bits per heavy atom. The van der Waals surface area contributed by atoms with Crippen LogP contribution in [-0.2, 0) is 20.2 Å². The highest BCUT2D eigenvalue weighted by Gasteiger charge is 2.49. The minimum absolute atomic E-state index is 0.0241. The zero-order chi connectivity index (χ0) is 23.6. The maximum atomic E-state index is 12.7. The molecule has 0 amide bonds. The Morgan fingerprint density at radius 1 is 0.903 bits per heavy atom. The fourth-order valence-corrected chi connectivity index (χ4v) is 3.39. The predicted molar refractivity (Wildman–Crippen MR) is 101 cm³/mol. The average Bonchev–Trinajstić information content (AvgIpc) is 2.65. The first-order valence-electron chi connectivity index (χ1n) is 7.99. The van der Waals surface area contributed by atoms with E-state index in [1.54, 1.807) is 0 Å². The van der Waals surface area contributed by atoms with Crippen LogP contribution in [0.5, 0.6) is 23.0 Å². The average molecular weight is 484 g/mol. The molecule has 9 nitrogen and oxygen atoms in total. The molecule has 0 N–H and O–H groups in total. The summed E-state index contributed by atoms with van der Waals surface area (Å²) in [6.45, 7) is 0. The van der Waals surface area contributed by atoms with Gasteiger partial charge in [0, 0.05) is 5.56 Å². The molecule has 0 spiro atoms. The Kier molecular flexibility index (Phi) is 6.75. The van der Waals surface area contributed by atoms with E-state index in [2.05, 4.69) is 4.18 Å². The highest BCUT2D eigenvalue weighted by Crippen LogP contribution is 2.45. The second-order valence-corrected chi connectivity index (χ2v) is 8.93. The molecule has 0 saturated heterocycles. The SMILES string of the molecule is COc1cc(-c2ccc(OS(C)(=O)=O)cc2)c(OC)c(C=O)c1OS(=O)(=O)C(F)(F)F. The second-order valence-electron chi connectivity index (χ2n) is 5.82. The van der Waals surface area contributed by atoms with Crippen LogP contribution >= 0.6 is 0 Å². The number of hydrogen-bond acceptors (Lipinski definition) is 9. The number of hydrogen-bond donors (Lipinski definition) is 0. The van der Waals surface area contributed by atoms with Gasteiger partial charge in [-0.3, -0.25) is 4.79 Å². The summed E-state index contributed by atoms with van der Waals surface area (Å²) in [5, 5.41) is 0. The predicted octanol–water partition coefficient (Wildman–Crippen LogP) is 2.75. The van der Waals surface area contributed by atoms with Crippen LogP contribution in [0, 0.1) is 0 Å². The normalized spacial score (nSPS) is 12.2. The van der Waals surface area contributed by atoms with Gasteiger partial charge < -0.3 is 17.8 Å². The second kappa shape index (κ2) is 8.63. The molecule has 2 rings (SSSR count). The van der Waals surface area contributed by atoms with Crippen LogP contribution in [0.4, 0.5) is 13.2 Å². The van der Waals surface area contributed by atoms with Crippen LogP contribution in [-0.4, -0.2) is 49.1 Å². The fraction of sp³-hybridized carbons (Fsp3) is 0.235. The van der Waals surface area contributed by atoms with E-state index < -0.39 is 42.8 Å². The third-order valence-corrected chi connectivity index (χ3v) is 5.11. The standard InChI is InChI=1S/C17H15F3O9S2/c1-26-14-8-12(10-4-6-11(7-5-10)28-30(3,22)23)15(27-2)13(9-21)16(14)29-31(24,25)17(18,19)20/h4-9H,1-3H3. The first-order chi connectivity index (χ1) is 14.2. The summed E-state index contributed by atoms with van der Waals surface area (Å²) in [5.74, 6) is -1.83. The van der Waals surface area contributed by atoms with E-state index in [-0.39, 0.29) is 23.3 Å². The summed E-state index contributed by atoms with van der Waals surface area (Å²) in [7, 11) is -7.77. The van der Waals surface area contributed by atoms with Gasteiger partial charge in [-0.15, -0.1) is 0 Å². The van der Waals surface area contributed by atoms with Crippen molar-refractivity contribution in [3.05, 3.63) is 35.9 Å². The van der Waals surface area contributed by atoms with Gasteiger partial charge in [-0.25, -0.2) is 0 Å². The maximum Gasteiger partial charge on any atom is 0.534 e. The number of halogens is 3. The highest BCUT2D eigenvalue weighted by atomic mass is 32.2. The van der Waals surface area contributed by atoms with Gasteiger partial charge in [-0.2, -0.15) is 30.0 Å². The molecule has 0 aromatic heterocycles. The van der Waals surface area contributed by atoms with Crippen molar-refractivity contribution in [2.75, 3.05) is 20.5 Å². The molecule has 0 saturated carbocycles. The zero-order valence-electron chi connectivity index (χ0n) is 16.1. The topological polar surface area (TPSA) is 122 Å². The number of carbonyl (C=O) groups excluding carboxylic acids is 1. The number of benzene rings is 2. The monoisotopic (exact) mass is 484 g/mol. The molecule has 2 aromatic carbocycles. The van der Waals surface area contributed by atoms with E-state index in [1.807, 2.05) is 0 Å². The number of carbonyl (C=O) groups is 1. The van der Waals surface area contributed by atoms with Crippen molar-refractivity contribution in [2.24, 2.45) is 0 Å². The molecule has 0 fully saturated rings. The van der Waals surface area contributed by atoms with Gasteiger partial charge in [0.2, 0.25) is 0 Å². The molecule has 0 aliphatic carbocycles. The van der Waals surface area contributed by atoms with Gasteiger partial charge in [-0.05, 0) is 23.8 Å². The van der Waals surface area contributed by atoms with E-state index in [4.69, 9.17) is 13.7 Å². The van der Waals surface area contributed by atoms with E-state index in [9.17, 15) is 34.8 Å². The molecule has 0 atom stereocenters. The van der Waals surface area contributed by atoms with Gasteiger partial charge in [0.25, 0.3) is 0 Å². The van der Waals surface area contributed by atoms with Gasteiger partial charge in [0.05, 0.1) is 20.5 Å². The third-order valence-electron chi connectivity index (χ3n) is 3.66. The summed E-state index contributed by atoms with van der Waals surface area (Å²) >= 11 is 0. The quantitative estimate of drug-likeness (QED) is 0.316. The molecule has 0 aliphatic rings. The Bertz CT molecular complexity index is 1190. The lowest BCUT2D eigenvalue weighted by atomic mass is 10.00. The Balaban J connectivity index is 2.68. The maximum absolute atomic E-state index is 12.7. The molecule has 14 heteroatoms. The molecular weight excluding hydrogens is 469 g/mol. The molecule has 31 heavy (non-hydrogen) atoms. The lowest BCUT2D eigenvalue weighted by molar-refractivity contribution is -0.0500. The number of rotatable bonds is 8. The van der Waals surface area contributed by atoms with Gasteiger partial charge >= 0.3 is 25.7 Å². The van der Waals surface area contributed by atoms with Crippen LogP contribution < -0.4 is 17.8 Å². The summed E-state index contributed by atoms with van der Waals surface area (Å²) in [5.41, 5.74) is -5.98. The van der Waals surface area contributed by atoms with Crippen LogP contribution in [0.2, 0.25) is 0 Å². The van der Waals surface area contributed by atoms with E-state index in [0.29, 0.717) is 5.56 Å². The van der Waals surface area contributed by atoms with Crippen LogP contribution in [0.15, 0.2) is 30.3 Å². The lowest BCUT2D eigenvalue weighted by Crippen LogP contribution is -2.28. The minimum Gasteiger partial charge on any atom is -0.495 e. The summed E-state index contributed by atoms with van der Waals surface area (Å²) in [6, 6.07) is 6.40. The summed E-state index contributed by atoms with van der Waals surface area (Å²) < 4.78 is 102. The molecule has 2 aromatic rings. The minimum atomic E-state index is -6.11. The van der Waals surface area contributed by atoms with Gasteiger partial charge in [0.15, 0.2) is 17.8 Å². The van der Waals surface area contributed by atoms with Crippen molar-refractivity contribution in [2.45, 2.75) is 5.51 Å². The number of aldehydes is 1. The van der Waals surface area contributed by atoms with Crippen LogP contribution in [0.3, 0.4) is 0 Å². The number of alkyl halides is 3. The molecule has 0 aliphatic heterocycles. The molecule has 0 heterocycles. The van der Waals surface area contributed by atoms with E-state index in [0.717, 1.165) is 26.5 Å². The Morgan fingerprint density at radius 3 is 1.90 bits per heavy atom. The fourth-order valence-electron chi connectivity index (χ4n) is 2.44. The van der Waals surface area contributed by atoms with Crippen molar-refractivity contribution in [1.29, 1.82) is 0 Å². The Labute approximate surface area is 175 Å². The van der Waals surface area contributed by atoms with E-state index in [1.165, 1.54) is 24.3 Å². The van der Waals surface area contributed by atoms with E-state index >= 15 is 0 Å². The third kappa shape index (κ3) is 5.38. The van der Waals surface area contributed by atoms with Gasteiger partial charge in [-0.1, -0.05) is 12.1 Å². The molecular formula is C17H15F3O9S2. The summed E-state index contributed by atoms with van der Waals surface area (Å²) in [4.78, 5) is 11.6. The first-order valence-corrected chi connectivity index (χ1v) is 11.2. The largest absolute Gasteiger partial charge is 0.534 e. The number of methoxy groups -OCH3 is 2. The van der Waals surface area contributed by atoms with Crippen molar-refractivity contribution in [3.63, 3.8) is 0 Å². The van der Waals surface area contributed by atoms with Crippen molar-refractivity contribution < 1.29 is 52.6 Å². The molecule has 0 unspecified atom stereocenters. The first kappa shape index (κ1) is 24.3. The Hall–Kier alpha value is -3.00. The van der Waals surface area contributed by atoms with Crippen LogP contribution in [0.1, 0.15) is 10.4 Å². The van der Waals surface area contributed by atoms with Gasteiger partial charge in [0.1, 0.15) is 17.1 Å². The molecule has 170 valence electrons. The zero-order valence-corrected chi connectivity index (χ0v) is 17.7. The van der Waals surface area contributed by atoms with Crippen molar-refractivity contribution in [3.8, 4) is 34.1 Å². The molecule has 0 radical (unpaired) electrons. The van der Waals surface area contributed by atoms with Crippen molar-refractivity contribution >= 4 is 26.5 Å². The highest BCUT2D eigenvalue weighted by molar-refractivity contribution is 7.88. The van der Waals surface area contributed by atoms with Crippen LogP contribution in [0.25, 0.3) is 11.1 Å². The molecule has 0 bridgehead atoms. The lowest BCUT2D eigenvalue weighted by Gasteiger charge is -2.19. The smallest absolute Gasteiger partial charge is 0.495 e.